The molecule has 0 aliphatic rings. The van der Waals surface area contributed by atoms with E-state index in [-0.39, 0.29) is 0 Å². The lowest BCUT2D eigenvalue weighted by molar-refractivity contribution is 0.540. The molecule has 1 aromatic rings. The van der Waals surface area contributed by atoms with Crippen molar-refractivity contribution < 1.29 is 0 Å². The maximum absolute atomic E-state index is 4.45. The minimum absolute atomic E-state index is 0.483. The molecule has 0 saturated carbocycles. The maximum Gasteiger partial charge on any atom is 0.188 e. The Balaban J connectivity index is 2.72. The zero-order valence-corrected chi connectivity index (χ0v) is 11.6. The van der Waals surface area contributed by atoms with Gasteiger partial charge in [-0.15, -0.1) is 0 Å². The van der Waals surface area contributed by atoms with Crippen molar-refractivity contribution in [1.82, 2.24) is 15.3 Å². The lowest BCUT2D eigenvalue weighted by Gasteiger charge is -2.20. The largest absolute Gasteiger partial charge is 0.316 e. The van der Waals surface area contributed by atoms with Gasteiger partial charge in [0, 0.05) is 22.7 Å². The van der Waals surface area contributed by atoms with Crippen LogP contribution in [0.4, 0.5) is 0 Å². The van der Waals surface area contributed by atoms with Gasteiger partial charge in [0.2, 0.25) is 0 Å². The van der Waals surface area contributed by atoms with Gasteiger partial charge in [-0.2, -0.15) is 0 Å². The van der Waals surface area contributed by atoms with Crippen LogP contribution < -0.4 is 5.32 Å². The van der Waals surface area contributed by atoms with Gasteiger partial charge in [-0.25, -0.2) is 9.97 Å². The van der Waals surface area contributed by atoms with Crippen molar-refractivity contribution in [2.75, 3.05) is 7.05 Å². The smallest absolute Gasteiger partial charge is 0.188 e. The standard InChI is InChI=1S/C12H21N3S/c1-6-11(13-5)10(4)16-12-14-8(2)7-9(3)15-12/h7,10-11,13H,6H2,1-5H3. The molecule has 0 aromatic carbocycles. The van der Waals surface area contributed by atoms with Gasteiger partial charge in [-0.3, -0.25) is 0 Å². The number of thioether (sulfide) groups is 1. The highest BCUT2D eigenvalue weighted by Gasteiger charge is 2.16. The summed E-state index contributed by atoms with van der Waals surface area (Å²) in [7, 11) is 2.01. The summed E-state index contributed by atoms with van der Waals surface area (Å²) >= 11 is 1.74. The molecule has 0 bridgehead atoms. The first-order valence-electron chi connectivity index (χ1n) is 5.73. The first-order valence-corrected chi connectivity index (χ1v) is 6.61. The van der Waals surface area contributed by atoms with Crippen LogP contribution in [0, 0.1) is 13.8 Å². The topological polar surface area (TPSA) is 37.8 Å². The molecule has 3 nitrogen and oxygen atoms in total. The zero-order valence-electron chi connectivity index (χ0n) is 10.7. The average Bonchev–Trinajstić information content (AvgIpc) is 2.17. The van der Waals surface area contributed by atoms with Gasteiger partial charge >= 0.3 is 0 Å². The van der Waals surface area contributed by atoms with E-state index in [1.54, 1.807) is 11.8 Å². The van der Waals surface area contributed by atoms with Crippen molar-refractivity contribution in [3.8, 4) is 0 Å². The summed E-state index contributed by atoms with van der Waals surface area (Å²) in [6, 6.07) is 2.51. The molecule has 1 rings (SSSR count). The zero-order chi connectivity index (χ0) is 12.1. The Morgan fingerprint density at radius 1 is 1.31 bits per heavy atom. The molecule has 1 N–H and O–H groups in total. The third-order valence-electron chi connectivity index (χ3n) is 2.63. The molecule has 0 saturated heterocycles. The molecule has 4 heteroatoms. The van der Waals surface area contributed by atoms with E-state index in [4.69, 9.17) is 0 Å². The molecular weight excluding hydrogens is 218 g/mol. The SMILES string of the molecule is CCC(NC)C(C)Sc1nc(C)cc(C)n1. The summed E-state index contributed by atoms with van der Waals surface area (Å²) in [5.74, 6) is 0. The summed E-state index contributed by atoms with van der Waals surface area (Å²) in [6.45, 7) is 8.44. The van der Waals surface area contributed by atoms with Gasteiger partial charge in [0.05, 0.1) is 0 Å². The van der Waals surface area contributed by atoms with Crippen LogP contribution in [0.2, 0.25) is 0 Å². The van der Waals surface area contributed by atoms with E-state index in [0.29, 0.717) is 11.3 Å². The average molecular weight is 239 g/mol. The third kappa shape index (κ3) is 3.76. The Morgan fingerprint density at radius 3 is 2.31 bits per heavy atom. The highest BCUT2D eigenvalue weighted by Crippen LogP contribution is 2.23. The molecule has 0 amide bonds. The highest BCUT2D eigenvalue weighted by atomic mass is 32.2. The predicted molar refractivity (Wildman–Crippen MR) is 70.0 cm³/mol. The third-order valence-corrected chi connectivity index (χ3v) is 3.72. The monoisotopic (exact) mass is 239 g/mol. The van der Waals surface area contributed by atoms with Crippen LogP contribution in [0.1, 0.15) is 31.7 Å². The molecule has 0 spiro atoms. The van der Waals surface area contributed by atoms with Crippen LogP contribution >= 0.6 is 11.8 Å². The quantitative estimate of drug-likeness (QED) is 0.633. The number of nitrogens with one attached hydrogen (secondary N) is 1. The normalized spacial score (nSPS) is 14.8. The van der Waals surface area contributed by atoms with E-state index in [0.717, 1.165) is 23.0 Å². The van der Waals surface area contributed by atoms with Crippen molar-refractivity contribution >= 4 is 11.8 Å². The summed E-state index contributed by atoms with van der Waals surface area (Å²) in [6.07, 6.45) is 1.12. The van der Waals surface area contributed by atoms with E-state index in [1.807, 2.05) is 27.0 Å². The second-order valence-corrected chi connectivity index (χ2v) is 5.40. The van der Waals surface area contributed by atoms with Crippen LogP contribution in [0.25, 0.3) is 0 Å². The number of rotatable bonds is 5. The second kappa shape index (κ2) is 6.21. The minimum atomic E-state index is 0.483. The molecule has 2 atom stereocenters. The van der Waals surface area contributed by atoms with Crippen molar-refractivity contribution in [2.45, 2.75) is 50.6 Å². The Morgan fingerprint density at radius 2 is 1.88 bits per heavy atom. The van der Waals surface area contributed by atoms with Gasteiger partial charge in [0.1, 0.15) is 0 Å². The Hall–Kier alpha value is -0.610. The number of nitrogens with zero attached hydrogens (tertiary/aromatic N) is 2. The van der Waals surface area contributed by atoms with E-state index < -0.39 is 0 Å². The van der Waals surface area contributed by atoms with Gasteiger partial charge in [0.15, 0.2) is 5.16 Å². The number of aryl methyl sites for hydroxylation is 2. The van der Waals surface area contributed by atoms with Crippen LogP contribution in [0.5, 0.6) is 0 Å². The van der Waals surface area contributed by atoms with Crippen molar-refractivity contribution in [3.05, 3.63) is 17.5 Å². The van der Waals surface area contributed by atoms with E-state index in [9.17, 15) is 0 Å². The van der Waals surface area contributed by atoms with Crippen molar-refractivity contribution in [3.63, 3.8) is 0 Å². The molecule has 0 fully saturated rings. The summed E-state index contributed by atoms with van der Waals surface area (Å²) < 4.78 is 0. The van der Waals surface area contributed by atoms with E-state index in [2.05, 4.69) is 29.1 Å². The fourth-order valence-corrected chi connectivity index (χ4v) is 2.98. The van der Waals surface area contributed by atoms with Gasteiger partial charge in [-0.1, -0.05) is 25.6 Å². The van der Waals surface area contributed by atoms with Crippen LogP contribution in [0.15, 0.2) is 11.2 Å². The molecule has 0 radical (unpaired) electrons. The Labute approximate surface area is 102 Å². The molecule has 16 heavy (non-hydrogen) atoms. The molecule has 0 aliphatic carbocycles. The molecule has 2 unspecified atom stereocenters. The summed E-state index contributed by atoms with van der Waals surface area (Å²) in [5.41, 5.74) is 2.08. The van der Waals surface area contributed by atoms with E-state index >= 15 is 0 Å². The summed E-state index contributed by atoms with van der Waals surface area (Å²) in [5, 5.41) is 4.69. The van der Waals surface area contributed by atoms with Crippen LogP contribution in [-0.2, 0) is 0 Å². The molecule has 1 aromatic heterocycles. The second-order valence-electron chi connectivity index (χ2n) is 4.06. The van der Waals surface area contributed by atoms with Crippen molar-refractivity contribution in [1.29, 1.82) is 0 Å². The Bertz CT molecular complexity index is 317. The maximum atomic E-state index is 4.45. The first kappa shape index (κ1) is 13.5. The van der Waals surface area contributed by atoms with Crippen LogP contribution in [0.3, 0.4) is 0 Å². The summed E-state index contributed by atoms with van der Waals surface area (Å²) in [4.78, 5) is 8.90. The molecule has 0 aliphatic heterocycles. The number of aromatic nitrogens is 2. The lowest BCUT2D eigenvalue weighted by Crippen LogP contribution is -2.33. The molecular formula is C12H21N3S. The molecule has 1 heterocycles. The number of hydrogen-bond donors (Lipinski definition) is 1. The lowest BCUT2D eigenvalue weighted by atomic mass is 10.2. The van der Waals surface area contributed by atoms with Crippen molar-refractivity contribution in [2.24, 2.45) is 0 Å². The highest BCUT2D eigenvalue weighted by molar-refractivity contribution is 7.99. The van der Waals surface area contributed by atoms with Gasteiger partial charge in [0.25, 0.3) is 0 Å². The van der Waals surface area contributed by atoms with Gasteiger partial charge in [-0.05, 0) is 33.4 Å². The molecule has 90 valence electrons. The predicted octanol–water partition coefficient (Wildman–Crippen LogP) is 2.57. The fraction of sp³-hybridized carbons (Fsp3) is 0.667. The van der Waals surface area contributed by atoms with E-state index in [1.165, 1.54) is 0 Å². The number of hydrogen-bond acceptors (Lipinski definition) is 4. The minimum Gasteiger partial charge on any atom is -0.316 e. The fourth-order valence-electron chi connectivity index (χ4n) is 1.77. The van der Waals surface area contributed by atoms with Gasteiger partial charge < -0.3 is 5.32 Å². The Kier molecular flexibility index (Phi) is 5.22. The first-order chi connectivity index (χ1) is 7.56. The van der Waals surface area contributed by atoms with Crippen LogP contribution in [-0.4, -0.2) is 28.3 Å².